The van der Waals surface area contributed by atoms with Crippen molar-refractivity contribution in [2.45, 2.75) is 19.3 Å². The van der Waals surface area contributed by atoms with E-state index in [2.05, 4.69) is 15.4 Å². The van der Waals surface area contributed by atoms with Crippen LogP contribution in [0.5, 0.6) is 0 Å². The highest BCUT2D eigenvalue weighted by molar-refractivity contribution is 6.15. The third kappa shape index (κ3) is 0.673. The number of carbonyl (C=O) groups excluding carboxylic acids is 2. The van der Waals surface area contributed by atoms with Gasteiger partial charge in [0.25, 0.3) is 5.91 Å². The van der Waals surface area contributed by atoms with Crippen LogP contribution in [0.2, 0.25) is 0 Å². The number of aromatic nitrogens is 3. The van der Waals surface area contributed by atoms with Gasteiger partial charge < -0.3 is 0 Å². The fraction of sp³-hybridized carbons (Fsp3) is 0.500. The molecule has 6 nitrogen and oxygen atoms in total. The average molecular weight is 192 g/mol. The number of anilines is 1. The third-order valence-electron chi connectivity index (χ3n) is 3.02. The summed E-state index contributed by atoms with van der Waals surface area (Å²) < 4.78 is 1.18. The Morgan fingerprint density at radius 1 is 1.43 bits per heavy atom. The molecular formula is C8H8N4O2. The normalized spacial score (nSPS) is 22.9. The van der Waals surface area contributed by atoms with E-state index in [1.165, 1.54) is 11.0 Å². The van der Waals surface area contributed by atoms with Crippen molar-refractivity contribution in [3.8, 4) is 0 Å². The molecule has 2 aliphatic rings. The van der Waals surface area contributed by atoms with Gasteiger partial charge in [-0.3, -0.25) is 14.9 Å². The molecule has 1 aromatic heterocycles. The van der Waals surface area contributed by atoms with E-state index >= 15 is 0 Å². The number of amides is 1. The molecule has 1 N–H and O–H groups in total. The van der Waals surface area contributed by atoms with Crippen LogP contribution in [0, 0.1) is 5.41 Å². The van der Waals surface area contributed by atoms with Gasteiger partial charge in [0.2, 0.25) is 11.9 Å². The van der Waals surface area contributed by atoms with E-state index in [0.29, 0.717) is 12.8 Å². The van der Waals surface area contributed by atoms with Gasteiger partial charge in [0, 0.05) is 0 Å². The van der Waals surface area contributed by atoms with Gasteiger partial charge in [-0.05, 0) is 12.8 Å². The zero-order valence-corrected chi connectivity index (χ0v) is 7.36. The molecule has 0 unspecified atom stereocenters. The maximum atomic E-state index is 11.9. The number of hydrogen-bond acceptors (Lipinski definition) is 4. The maximum Gasteiger partial charge on any atom is 0.265 e. The van der Waals surface area contributed by atoms with Gasteiger partial charge in [0.1, 0.15) is 11.7 Å². The van der Waals surface area contributed by atoms with Crippen LogP contribution in [0.1, 0.15) is 24.1 Å². The summed E-state index contributed by atoms with van der Waals surface area (Å²) >= 11 is 0. The minimum absolute atomic E-state index is 0.228. The fourth-order valence-corrected chi connectivity index (χ4v) is 1.97. The summed E-state index contributed by atoms with van der Waals surface area (Å²) in [5.41, 5.74) is -0.847. The second kappa shape index (κ2) is 2.20. The molecule has 0 aromatic carbocycles. The Bertz CT molecular complexity index is 432. The molecule has 14 heavy (non-hydrogen) atoms. The second-order valence-electron chi connectivity index (χ2n) is 3.69. The van der Waals surface area contributed by atoms with Crippen LogP contribution in [0.25, 0.3) is 0 Å². The zero-order chi connectivity index (χ0) is 9.76. The minimum atomic E-state index is -0.847. The van der Waals surface area contributed by atoms with Crippen LogP contribution >= 0.6 is 0 Å². The molecule has 1 aliphatic heterocycles. The maximum absolute atomic E-state index is 11.9. The van der Waals surface area contributed by atoms with Gasteiger partial charge >= 0.3 is 0 Å². The van der Waals surface area contributed by atoms with Gasteiger partial charge in [0.05, 0.1) is 0 Å². The summed E-state index contributed by atoms with van der Waals surface area (Å²) in [6.45, 7) is 0. The Morgan fingerprint density at radius 2 is 2.21 bits per heavy atom. The Kier molecular flexibility index (Phi) is 1.20. The molecule has 2 heterocycles. The topological polar surface area (TPSA) is 76.9 Å². The highest BCUT2D eigenvalue weighted by Gasteiger charge is 2.55. The molecule has 0 bridgehead atoms. The molecule has 1 spiro atoms. The summed E-state index contributed by atoms with van der Waals surface area (Å²) in [5.74, 6) is -0.230. The first-order chi connectivity index (χ1) is 6.74. The molecular weight excluding hydrogens is 184 g/mol. The minimum Gasteiger partial charge on any atom is -0.293 e. The predicted molar refractivity (Wildman–Crippen MR) is 45.6 cm³/mol. The number of nitrogens with zero attached hydrogens (tertiary/aromatic N) is 3. The number of fused-ring (bicyclic) bond motifs is 1. The number of carbonyl (C=O) groups is 2. The van der Waals surface area contributed by atoms with Crippen molar-refractivity contribution < 1.29 is 9.59 Å². The van der Waals surface area contributed by atoms with Crippen molar-refractivity contribution in [3.63, 3.8) is 0 Å². The first-order valence-electron chi connectivity index (χ1n) is 4.50. The Hall–Kier alpha value is -1.72. The zero-order valence-electron chi connectivity index (χ0n) is 7.36. The Balaban J connectivity index is 2.15. The molecule has 0 saturated heterocycles. The van der Waals surface area contributed by atoms with E-state index in [4.69, 9.17) is 0 Å². The van der Waals surface area contributed by atoms with E-state index < -0.39 is 5.41 Å². The lowest BCUT2D eigenvalue weighted by Crippen LogP contribution is -2.54. The van der Waals surface area contributed by atoms with E-state index in [9.17, 15) is 9.59 Å². The smallest absolute Gasteiger partial charge is 0.265 e. The van der Waals surface area contributed by atoms with E-state index in [-0.39, 0.29) is 17.8 Å². The first-order valence-corrected chi connectivity index (χ1v) is 4.50. The van der Waals surface area contributed by atoms with Crippen LogP contribution in [-0.4, -0.2) is 26.6 Å². The predicted octanol–water partition coefficient (Wildman–Crippen LogP) is 0.0407. The highest BCUT2D eigenvalue weighted by Crippen LogP contribution is 2.45. The lowest BCUT2D eigenvalue weighted by molar-refractivity contribution is -0.127. The monoisotopic (exact) mass is 192 g/mol. The van der Waals surface area contributed by atoms with Gasteiger partial charge in [-0.2, -0.15) is 14.8 Å². The quantitative estimate of drug-likeness (QED) is 0.589. The molecule has 0 radical (unpaired) electrons. The number of nitrogens with one attached hydrogen (secondary N) is 1. The van der Waals surface area contributed by atoms with Gasteiger partial charge in [0.15, 0.2) is 0 Å². The fourth-order valence-electron chi connectivity index (χ4n) is 1.97. The summed E-state index contributed by atoms with van der Waals surface area (Å²) in [4.78, 5) is 27.3. The lowest BCUT2D eigenvalue weighted by Gasteiger charge is -2.40. The molecule has 72 valence electrons. The molecule has 1 aromatic rings. The van der Waals surface area contributed by atoms with Gasteiger partial charge in [-0.25, -0.2) is 0 Å². The average Bonchev–Trinajstić information content (AvgIpc) is 2.49. The van der Waals surface area contributed by atoms with Crippen molar-refractivity contribution in [2.24, 2.45) is 5.41 Å². The number of rotatable bonds is 0. The molecule has 1 amide bonds. The Morgan fingerprint density at radius 3 is 2.86 bits per heavy atom. The van der Waals surface area contributed by atoms with Gasteiger partial charge in [-0.15, -0.1) is 0 Å². The highest BCUT2D eigenvalue weighted by atomic mass is 16.2. The third-order valence-corrected chi connectivity index (χ3v) is 3.02. The summed E-state index contributed by atoms with van der Waals surface area (Å²) in [7, 11) is 0. The van der Waals surface area contributed by atoms with Crippen molar-refractivity contribution >= 4 is 17.8 Å². The van der Waals surface area contributed by atoms with Crippen molar-refractivity contribution in [1.82, 2.24) is 14.8 Å². The van der Waals surface area contributed by atoms with Crippen molar-refractivity contribution in [1.29, 1.82) is 0 Å². The molecule has 1 aliphatic carbocycles. The van der Waals surface area contributed by atoms with Crippen LogP contribution < -0.4 is 5.32 Å². The van der Waals surface area contributed by atoms with Crippen molar-refractivity contribution in [3.05, 3.63) is 6.33 Å². The lowest BCUT2D eigenvalue weighted by atomic mass is 9.67. The molecule has 6 heteroatoms. The van der Waals surface area contributed by atoms with E-state index in [0.717, 1.165) is 6.42 Å². The van der Waals surface area contributed by atoms with Crippen LogP contribution in [-0.2, 0) is 4.79 Å². The van der Waals surface area contributed by atoms with E-state index in [1.807, 2.05) is 0 Å². The Labute approximate surface area is 79.3 Å². The standard InChI is InChI=1S/C8H8N4O2/c13-5-8(2-1-3-8)6(14)12-7(11-5)9-4-10-12/h4H,1-3H2,(H,9,10,11,13). The summed E-state index contributed by atoms with van der Waals surface area (Å²) in [6, 6.07) is 0. The molecule has 0 atom stereocenters. The summed E-state index contributed by atoms with van der Waals surface area (Å²) in [6.07, 6.45) is 3.43. The summed E-state index contributed by atoms with van der Waals surface area (Å²) in [5, 5.41) is 6.38. The first kappa shape index (κ1) is 7.66. The largest absolute Gasteiger partial charge is 0.293 e. The number of hydrogen-bond donors (Lipinski definition) is 1. The van der Waals surface area contributed by atoms with Crippen LogP contribution in [0.15, 0.2) is 6.33 Å². The van der Waals surface area contributed by atoms with Crippen LogP contribution in [0.3, 0.4) is 0 Å². The molecule has 1 fully saturated rings. The van der Waals surface area contributed by atoms with Crippen molar-refractivity contribution in [2.75, 3.05) is 5.32 Å². The van der Waals surface area contributed by atoms with E-state index in [1.54, 1.807) is 0 Å². The molecule has 1 saturated carbocycles. The van der Waals surface area contributed by atoms with Gasteiger partial charge in [-0.1, -0.05) is 6.42 Å². The second-order valence-corrected chi connectivity index (χ2v) is 3.69. The molecule has 3 rings (SSSR count). The van der Waals surface area contributed by atoms with Crippen LogP contribution in [0.4, 0.5) is 5.95 Å². The SMILES string of the molecule is O=C1Nc2ncnn2C(=O)C12CCC2.